The lowest BCUT2D eigenvalue weighted by Gasteiger charge is -2.18. The maximum absolute atomic E-state index is 12.4. The smallest absolute Gasteiger partial charge is 0.253 e. The van der Waals surface area contributed by atoms with Crippen LogP contribution in [0.1, 0.15) is 46.5 Å². The standard InChI is InChI=1S/C23H32N4O/c1-6-27(7-2)22(28)20-12-9-19(10-13-20)15-25-23(24-5)26-16-21-11-8-17(3)14-18(21)4/h8-14H,6-7,15-16H2,1-5H3,(H2,24,25,26). The Labute approximate surface area is 168 Å². The van der Waals surface area contributed by atoms with Gasteiger partial charge in [0.25, 0.3) is 5.91 Å². The minimum atomic E-state index is 0.0791. The highest BCUT2D eigenvalue weighted by molar-refractivity contribution is 5.94. The molecule has 2 aromatic rings. The Kier molecular flexibility index (Phi) is 8.05. The number of benzene rings is 2. The first-order valence-corrected chi connectivity index (χ1v) is 9.87. The quantitative estimate of drug-likeness (QED) is 0.569. The lowest BCUT2D eigenvalue weighted by molar-refractivity contribution is 0.0773. The molecule has 0 aliphatic carbocycles. The Morgan fingerprint density at radius 1 is 0.964 bits per heavy atom. The van der Waals surface area contributed by atoms with E-state index >= 15 is 0 Å². The van der Waals surface area contributed by atoms with Crippen molar-refractivity contribution in [3.63, 3.8) is 0 Å². The van der Waals surface area contributed by atoms with Gasteiger partial charge in [-0.3, -0.25) is 9.79 Å². The first kappa shape index (κ1) is 21.5. The van der Waals surface area contributed by atoms with Crippen molar-refractivity contribution < 1.29 is 4.79 Å². The molecule has 0 saturated heterocycles. The van der Waals surface area contributed by atoms with Crippen LogP contribution in [0, 0.1) is 13.8 Å². The van der Waals surface area contributed by atoms with Gasteiger partial charge in [0.05, 0.1) is 0 Å². The van der Waals surface area contributed by atoms with E-state index in [9.17, 15) is 4.79 Å². The molecule has 28 heavy (non-hydrogen) atoms. The molecule has 0 aromatic heterocycles. The Morgan fingerprint density at radius 3 is 2.18 bits per heavy atom. The second-order valence-electron chi connectivity index (χ2n) is 6.88. The first-order valence-electron chi connectivity index (χ1n) is 9.87. The van der Waals surface area contributed by atoms with E-state index in [1.54, 1.807) is 7.05 Å². The molecule has 2 N–H and O–H groups in total. The van der Waals surface area contributed by atoms with E-state index in [4.69, 9.17) is 0 Å². The summed E-state index contributed by atoms with van der Waals surface area (Å²) in [5.41, 5.74) is 5.63. The van der Waals surface area contributed by atoms with Crippen molar-refractivity contribution in [2.45, 2.75) is 40.8 Å². The molecule has 5 nitrogen and oxygen atoms in total. The molecule has 0 aliphatic rings. The van der Waals surface area contributed by atoms with Crippen LogP contribution in [0.2, 0.25) is 0 Å². The van der Waals surface area contributed by atoms with Crippen LogP contribution in [0.5, 0.6) is 0 Å². The number of guanidine groups is 1. The van der Waals surface area contributed by atoms with Gasteiger partial charge in [-0.15, -0.1) is 0 Å². The third kappa shape index (κ3) is 5.84. The normalized spacial score (nSPS) is 11.2. The van der Waals surface area contributed by atoms with Gasteiger partial charge in [0.15, 0.2) is 5.96 Å². The Morgan fingerprint density at radius 2 is 1.61 bits per heavy atom. The van der Waals surface area contributed by atoms with Crippen molar-refractivity contribution in [2.75, 3.05) is 20.1 Å². The summed E-state index contributed by atoms with van der Waals surface area (Å²) >= 11 is 0. The molecule has 2 aromatic carbocycles. The minimum absolute atomic E-state index is 0.0791. The molecule has 1 amide bonds. The summed E-state index contributed by atoms with van der Waals surface area (Å²) in [7, 11) is 1.77. The minimum Gasteiger partial charge on any atom is -0.352 e. The molecule has 0 heterocycles. The third-order valence-corrected chi connectivity index (χ3v) is 4.88. The average Bonchev–Trinajstić information content (AvgIpc) is 2.70. The number of hydrogen-bond donors (Lipinski definition) is 2. The molecular formula is C23H32N4O. The fourth-order valence-electron chi connectivity index (χ4n) is 3.09. The van der Waals surface area contributed by atoms with E-state index < -0.39 is 0 Å². The number of carbonyl (C=O) groups excluding carboxylic acids is 1. The SMILES string of the molecule is CCN(CC)C(=O)c1ccc(CNC(=NC)NCc2ccc(C)cc2C)cc1. The lowest BCUT2D eigenvalue weighted by atomic mass is 10.1. The van der Waals surface area contributed by atoms with Gasteiger partial charge >= 0.3 is 0 Å². The Hall–Kier alpha value is -2.82. The molecule has 2 rings (SSSR count). The third-order valence-electron chi connectivity index (χ3n) is 4.88. The van der Waals surface area contributed by atoms with Crippen molar-refractivity contribution in [3.05, 3.63) is 70.3 Å². The van der Waals surface area contributed by atoms with Crippen LogP contribution in [0.25, 0.3) is 0 Å². The van der Waals surface area contributed by atoms with Crippen LogP contribution < -0.4 is 10.6 Å². The fraction of sp³-hybridized carbons (Fsp3) is 0.391. The maximum atomic E-state index is 12.4. The van der Waals surface area contributed by atoms with E-state index in [2.05, 4.69) is 47.7 Å². The molecular weight excluding hydrogens is 348 g/mol. The predicted molar refractivity (Wildman–Crippen MR) is 117 cm³/mol. The molecule has 5 heteroatoms. The van der Waals surface area contributed by atoms with E-state index in [1.165, 1.54) is 16.7 Å². The van der Waals surface area contributed by atoms with Crippen LogP contribution in [0.3, 0.4) is 0 Å². The van der Waals surface area contributed by atoms with Crippen LogP contribution in [-0.2, 0) is 13.1 Å². The van der Waals surface area contributed by atoms with Crippen molar-refractivity contribution in [2.24, 2.45) is 4.99 Å². The van der Waals surface area contributed by atoms with E-state index in [1.807, 2.05) is 43.0 Å². The van der Waals surface area contributed by atoms with Gasteiger partial charge < -0.3 is 15.5 Å². The van der Waals surface area contributed by atoms with Gasteiger partial charge in [0, 0.05) is 38.8 Å². The zero-order chi connectivity index (χ0) is 20.5. The van der Waals surface area contributed by atoms with Crippen molar-refractivity contribution in [1.82, 2.24) is 15.5 Å². The van der Waals surface area contributed by atoms with Crippen molar-refractivity contribution in [3.8, 4) is 0 Å². The Balaban J connectivity index is 1.90. The number of aryl methyl sites for hydroxylation is 2. The maximum Gasteiger partial charge on any atom is 0.253 e. The second kappa shape index (κ2) is 10.5. The van der Waals surface area contributed by atoms with Crippen LogP contribution >= 0.6 is 0 Å². The van der Waals surface area contributed by atoms with Crippen LogP contribution in [-0.4, -0.2) is 36.9 Å². The molecule has 0 aliphatic heterocycles. The molecule has 150 valence electrons. The monoisotopic (exact) mass is 380 g/mol. The van der Waals surface area contributed by atoms with Gasteiger partial charge in [0.2, 0.25) is 0 Å². The summed E-state index contributed by atoms with van der Waals surface area (Å²) in [5, 5.41) is 6.68. The number of nitrogens with one attached hydrogen (secondary N) is 2. The highest BCUT2D eigenvalue weighted by Crippen LogP contribution is 2.10. The van der Waals surface area contributed by atoms with Crippen LogP contribution in [0.4, 0.5) is 0 Å². The van der Waals surface area contributed by atoms with Crippen LogP contribution in [0.15, 0.2) is 47.5 Å². The van der Waals surface area contributed by atoms with Gasteiger partial charge in [-0.05, 0) is 56.5 Å². The lowest BCUT2D eigenvalue weighted by Crippen LogP contribution is -2.36. The molecule has 0 saturated carbocycles. The van der Waals surface area contributed by atoms with Gasteiger partial charge in [-0.1, -0.05) is 35.9 Å². The molecule has 0 unspecified atom stereocenters. The fourth-order valence-corrected chi connectivity index (χ4v) is 3.09. The first-order chi connectivity index (χ1) is 13.5. The zero-order valence-corrected chi connectivity index (χ0v) is 17.7. The van der Waals surface area contributed by atoms with Gasteiger partial charge in [-0.25, -0.2) is 0 Å². The molecule has 0 fully saturated rings. The number of amides is 1. The highest BCUT2D eigenvalue weighted by Gasteiger charge is 2.11. The van der Waals surface area contributed by atoms with E-state index in [0.29, 0.717) is 6.54 Å². The summed E-state index contributed by atoms with van der Waals surface area (Å²) in [6.45, 7) is 11.0. The summed E-state index contributed by atoms with van der Waals surface area (Å²) in [4.78, 5) is 18.5. The van der Waals surface area contributed by atoms with E-state index in [-0.39, 0.29) is 5.91 Å². The van der Waals surface area contributed by atoms with Gasteiger partial charge in [0.1, 0.15) is 0 Å². The number of nitrogens with zero attached hydrogens (tertiary/aromatic N) is 2. The largest absolute Gasteiger partial charge is 0.352 e. The van der Waals surface area contributed by atoms with Gasteiger partial charge in [-0.2, -0.15) is 0 Å². The number of carbonyl (C=O) groups is 1. The summed E-state index contributed by atoms with van der Waals surface area (Å²) < 4.78 is 0. The second-order valence-corrected chi connectivity index (χ2v) is 6.88. The zero-order valence-electron chi connectivity index (χ0n) is 17.7. The van der Waals surface area contributed by atoms with Crippen molar-refractivity contribution >= 4 is 11.9 Å². The number of aliphatic imine (C=N–C) groups is 1. The molecule has 0 bridgehead atoms. The topological polar surface area (TPSA) is 56.7 Å². The average molecular weight is 381 g/mol. The highest BCUT2D eigenvalue weighted by atomic mass is 16.2. The summed E-state index contributed by atoms with van der Waals surface area (Å²) in [6.07, 6.45) is 0. The van der Waals surface area contributed by atoms with E-state index in [0.717, 1.165) is 36.7 Å². The molecule has 0 atom stereocenters. The van der Waals surface area contributed by atoms with Crippen molar-refractivity contribution in [1.29, 1.82) is 0 Å². The molecule has 0 spiro atoms. The Bertz CT molecular complexity index is 808. The number of hydrogen-bond acceptors (Lipinski definition) is 2. The predicted octanol–water partition coefficient (Wildman–Crippen LogP) is 3.65. The molecule has 0 radical (unpaired) electrons. The summed E-state index contributed by atoms with van der Waals surface area (Å²) in [5.74, 6) is 0.832. The summed E-state index contributed by atoms with van der Waals surface area (Å²) in [6, 6.07) is 14.2. The number of rotatable bonds is 7.